The zero-order chi connectivity index (χ0) is 11.6. The van der Waals surface area contributed by atoms with Crippen molar-refractivity contribution in [2.75, 3.05) is 0 Å². The normalized spacial score (nSPS) is 13.9. The molecule has 1 heterocycles. The van der Waals surface area contributed by atoms with Crippen LogP contribution < -0.4 is 11.2 Å². The van der Waals surface area contributed by atoms with Gasteiger partial charge in [-0.05, 0) is 0 Å². The molecule has 8 heteroatoms. The summed E-state index contributed by atoms with van der Waals surface area (Å²) in [5, 5.41) is 8.66. The number of rotatable bonds is 2. The van der Waals surface area contributed by atoms with Gasteiger partial charge in [-0.2, -0.15) is 13.2 Å². The Morgan fingerprint density at radius 2 is 2.07 bits per heavy atom. The molecule has 0 aromatic carbocycles. The summed E-state index contributed by atoms with van der Waals surface area (Å²) in [6.07, 6.45) is -6.55. The number of aliphatic hydroxyl groups is 1. The lowest BCUT2D eigenvalue weighted by atomic mass is 10.3. The summed E-state index contributed by atoms with van der Waals surface area (Å²) in [5.41, 5.74) is -1.71. The zero-order valence-electron chi connectivity index (χ0n) is 7.28. The van der Waals surface area contributed by atoms with E-state index >= 15 is 0 Å². The van der Waals surface area contributed by atoms with E-state index in [0.717, 1.165) is 12.3 Å². The molecule has 0 unspecified atom stereocenters. The van der Waals surface area contributed by atoms with Gasteiger partial charge < -0.3 is 5.11 Å². The molecule has 0 bridgehead atoms. The summed E-state index contributed by atoms with van der Waals surface area (Å²) in [5.74, 6) is 0. The zero-order valence-corrected chi connectivity index (χ0v) is 7.28. The van der Waals surface area contributed by atoms with Crippen LogP contribution in [0, 0.1) is 0 Å². The molecule has 5 nitrogen and oxygen atoms in total. The fourth-order valence-electron chi connectivity index (χ4n) is 0.878. The van der Waals surface area contributed by atoms with Crippen molar-refractivity contribution in [1.82, 2.24) is 9.55 Å². The molecular formula is C7H7F3N2O3. The lowest BCUT2D eigenvalue weighted by molar-refractivity contribution is -0.207. The first-order chi connectivity index (χ1) is 6.80. The number of aliphatic hydroxyl groups excluding tert-OH is 1. The predicted octanol–water partition coefficient (Wildman–Crippen LogP) is -0.540. The number of nitrogens with one attached hydrogen (secondary N) is 1. The first kappa shape index (κ1) is 11.5. The van der Waals surface area contributed by atoms with Gasteiger partial charge in [0.1, 0.15) is 0 Å². The second-order valence-corrected chi connectivity index (χ2v) is 2.82. The van der Waals surface area contributed by atoms with Gasteiger partial charge in [0.15, 0.2) is 6.10 Å². The van der Waals surface area contributed by atoms with E-state index in [1.54, 1.807) is 4.98 Å². The Kier molecular flexibility index (Phi) is 2.98. The number of H-pyrrole nitrogens is 1. The van der Waals surface area contributed by atoms with Crippen LogP contribution in [0.1, 0.15) is 0 Å². The Morgan fingerprint density at radius 3 is 2.53 bits per heavy atom. The van der Waals surface area contributed by atoms with Crippen molar-refractivity contribution in [3.8, 4) is 0 Å². The average Bonchev–Trinajstić information content (AvgIpc) is 2.08. The predicted molar refractivity (Wildman–Crippen MR) is 43.4 cm³/mol. The SMILES string of the molecule is O=c1ccn(C[C@H](O)C(F)(F)F)c(=O)[nH]1. The number of halogens is 3. The van der Waals surface area contributed by atoms with Gasteiger partial charge in [-0.25, -0.2) is 4.79 Å². The van der Waals surface area contributed by atoms with E-state index in [0.29, 0.717) is 4.57 Å². The minimum absolute atomic E-state index is 0.569. The van der Waals surface area contributed by atoms with Crippen molar-refractivity contribution in [2.45, 2.75) is 18.8 Å². The summed E-state index contributed by atoms with van der Waals surface area (Å²) in [4.78, 5) is 23.3. The molecule has 1 aromatic rings. The van der Waals surface area contributed by atoms with Crippen molar-refractivity contribution in [3.63, 3.8) is 0 Å². The van der Waals surface area contributed by atoms with E-state index < -0.39 is 30.1 Å². The highest BCUT2D eigenvalue weighted by Crippen LogP contribution is 2.20. The quantitative estimate of drug-likeness (QED) is 0.708. The van der Waals surface area contributed by atoms with E-state index in [9.17, 15) is 22.8 Å². The molecule has 0 saturated heterocycles. The van der Waals surface area contributed by atoms with E-state index in [2.05, 4.69) is 0 Å². The van der Waals surface area contributed by atoms with Crippen LogP contribution in [0.25, 0.3) is 0 Å². The van der Waals surface area contributed by atoms with E-state index in [4.69, 9.17) is 5.11 Å². The number of aromatic amines is 1. The molecule has 0 fully saturated rings. The van der Waals surface area contributed by atoms with Crippen molar-refractivity contribution >= 4 is 0 Å². The van der Waals surface area contributed by atoms with Gasteiger partial charge in [-0.1, -0.05) is 0 Å². The Morgan fingerprint density at radius 1 is 1.47 bits per heavy atom. The van der Waals surface area contributed by atoms with Gasteiger partial charge in [-0.15, -0.1) is 0 Å². The van der Waals surface area contributed by atoms with Crippen LogP contribution in [0.3, 0.4) is 0 Å². The van der Waals surface area contributed by atoms with Crippen molar-refractivity contribution < 1.29 is 18.3 Å². The minimum Gasteiger partial charge on any atom is -0.382 e. The Hall–Kier alpha value is -1.57. The van der Waals surface area contributed by atoms with Gasteiger partial charge in [0.05, 0.1) is 6.54 Å². The Labute approximate surface area is 80.8 Å². The third kappa shape index (κ3) is 2.94. The maximum atomic E-state index is 11.9. The molecule has 0 spiro atoms. The van der Waals surface area contributed by atoms with E-state index in [-0.39, 0.29) is 0 Å². The van der Waals surface area contributed by atoms with Crippen LogP contribution in [0.4, 0.5) is 13.2 Å². The molecule has 1 atom stereocenters. The second kappa shape index (κ2) is 3.89. The van der Waals surface area contributed by atoms with Crippen molar-refractivity contribution in [2.24, 2.45) is 0 Å². The standard InChI is InChI=1S/C7H7F3N2O3/c8-7(9,10)4(13)3-12-2-1-5(14)11-6(12)15/h1-2,4,13H,3H2,(H,11,14,15)/t4-/m0/s1. The number of aromatic nitrogens is 2. The maximum absolute atomic E-state index is 11.9. The van der Waals surface area contributed by atoms with Gasteiger partial charge in [0.25, 0.3) is 5.56 Å². The van der Waals surface area contributed by atoms with Crippen LogP contribution in [-0.4, -0.2) is 26.9 Å². The third-order valence-electron chi connectivity index (χ3n) is 1.64. The number of nitrogens with zero attached hydrogens (tertiary/aromatic N) is 1. The fraction of sp³-hybridized carbons (Fsp3) is 0.429. The minimum atomic E-state index is -4.80. The summed E-state index contributed by atoms with van der Waals surface area (Å²) in [7, 11) is 0. The molecule has 0 aliphatic heterocycles. The molecule has 0 aliphatic rings. The fourth-order valence-corrected chi connectivity index (χ4v) is 0.878. The topological polar surface area (TPSA) is 75.1 Å². The molecule has 84 valence electrons. The van der Waals surface area contributed by atoms with Crippen LogP contribution in [-0.2, 0) is 6.54 Å². The molecule has 0 radical (unpaired) electrons. The van der Waals surface area contributed by atoms with Crippen LogP contribution in [0.2, 0.25) is 0 Å². The summed E-state index contributed by atoms with van der Waals surface area (Å²) >= 11 is 0. The molecule has 2 N–H and O–H groups in total. The summed E-state index contributed by atoms with van der Waals surface area (Å²) in [6, 6.07) is 0.893. The first-order valence-corrected chi connectivity index (χ1v) is 3.85. The lowest BCUT2D eigenvalue weighted by Gasteiger charge is -2.14. The molecule has 15 heavy (non-hydrogen) atoms. The van der Waals surface area contributed by atoms with Gasteiger partial charge in [0.2, 0.25) is 0 Å². The molecule has 0 aliphatic carbocycles. The molecule has 1 rings (SSSR count). The first-order valence-electron chi connectivity index (χ1n) is 3.85. The monoisotopic (exact) mass is 224 g/mol. The van der Waals surface area contributed by atoms with E-state index in [1.165, 1.54) is 0 Å². The third-order valence-corrected chi connectivity index (χ3v) is 1.64. The largest absolute Gasteiger partial charge is 0.416 e. The molecule has 0 saturated carbocycles. The highest BCUT2D eigenvalue weighted by molar-refractivity contribution is 4.83. The highest BCUT2D eigenvalue weighted by atomic mass is 19.4. The molecule has 1 aromatic heterocycles. The number of hydrogen-bond donors (Lipinski definition) is 2. The summed E-state index contributed by atoms with van der Waals surface area (Å²) in [6.45, 7) is -0.945. The maximum Gasteiger partial charge on any atom is 0.416 e. The molecule has 0 amide bonds. The summed E-state index contributed by atoms with van der Waals surface area (Å²) < 4.78 is 36.3. The smallest absolute Gasteiger partial charge is 0.382 e. The van der Waals surface area contributed by atoms with Crippen LogP contribution in [0.5, 0.6) is 0 Å². The van der Waals surface area contributed by atoms with Crippen molar-refractivity contribution in [3.05, 3.63) is 33.1 Å². The number of alkyl halides is 3. The van der Waals surface area contributed by atoms with Gasteiger partial charge in [0, 0.05) is 12.3 Å². The van der Waals surface area contributed by atoms with Crippen molar-refractivity contribution in [1.29, 1.82) is 0 Å². The average molecular weight is 224 g/mol. The highest BCUT2D eigenvalue weighted by Gasteiger charge is 2.38. The molecular weight excluding hydrogens is 217 g/mol. The Balaban J connectivity index is 2.91. The number of hydrogen-bond acceptors (Lipinski definition) is 3. The van der Waals surface area contributed by atoms with E-state index in [1.807, 2.05) is 0 Å². The Bertz CT molecular complexity index is 448. The van der Waals surface area contributed by atoms with Crippen LogP contribution in [0.15, 0.2) is 21.9 Å². The van der Waals surface area contributed by atoms with Gasteiger partial charge >= 0.3 is 11.9 Å². The van der Waals surface area contributed by atoms with Crippen LogP contribution >= 0.6 is 0 Å². The lowest BCUT2D eigenvalue weighted by Crippen LogP contribution is -2.38. The van der Waals surface area contributed by atoms with Gasteiger partial charge in [-0.3, -0.25) is 14.3 Å². The second-order valence-electron chi connectivity index (χ2n) is 2.82.